The summed E-state index contributed by atoms with van der Waals surface area (Å²) in [4.78, 5) is 126. The molecule has 374 valence electrons. The van der Waals surface area contributed by atoms with Crippen LogP contribution in [0, 0.1) is 17.3 Å². The highest BCUT2D eigenvalue weighted by Crippen LogP contribution is 2.45. The molecule has 4 aliphatic rings. The number of benzene rings is 1. The molecule has 1 aromatic carbocycles. The van der Waals surface area contributed by atoms with Crippen LogP contribution in [-0.2, 0) is 61.7 Å². The van der Waals surface area contributed by atoms with Gasteiger partial charge in [-0.1, -0.05) is 74.9 Å². The number of nitrogens with one attached hydrogen (secondary N) is 2. The van der Waals surface area contributed by atoms with Crippen LogP contribution in [0.3, 0.4) is 0 Å². The van der Waals surface area contributed by atoms with Gasteiger partial charge in [0, 0.05) is 78.7 Å². The lowest BCUT2D eigenvalue weighted by Gasteiger charge is -2.40. The zero-order chi connectivity index (χ0) is 50.3. The first-order valence-electron chi connectivity index (χ1n) is 24.9. The van der Waals surface area contributed by atoms with Gasteiger partial charge in [-0.2, -0.15) is 0 Å². The van der Waals surface area contributed by atoms with Crippen molar-refractivity contribution < 1.29 is 43.1 Å². The molecule has 17 heteroatoms. The Kier molecular flexibility index (Phi) is 16.7. The van der Waals surface area contributed by atoms with Gasteiger partial charge in [0.1, 0.15) is 29.6 Å². The number of nitrogens with two attached hydrogens (primary N) is 1. The molecule has 16 nitrogen and oxygen atoms in total. The number of imide groups is 1. The molecule has 3 atom stereocenters. The van der Waals surface area contributed by atoms with E-state index in [-0.39, 0.29) is 99.5 Å². The molecule has 0 saturated heterocycles. The minimum Gasteiger partial charge on any atom is -0.460 e. The molecule has 5 amide bonds. The Balaban J connectivity index is 1.03. The van der Waals surface area contributed by atoms with Gasteiger partial charge in [0.15, 0.2) is 0 Å². The van der Waals surface area contributed by atoms with E-state index in [2.05, 4.69) is 26.6 Å². The molecular weight excluding hydrogens is 961 g/mol. The fourth-order valence-electron chi connectivity index (χ4n) is 10.9. The van der Waals surface area contributed by atoms with E-state index in [0.717, 1.165) is 40.2 Å². The Hall–Kier alpha value is -5.84. The van der Waals surface area contributed by atoms with E-state index in [0.29, 0.717) is 74.0 Å². The maximum atomic E-state index is 14.6. The summed E-state index contributed by atoms with van der Waals surface area (Å²) in [7, 11) is 0. The molecule has 1 fully saturated rings. The second-order valence-electron chi connectivity index (χ2n) is 20.1. The number of ketones is 2. The highest BCUT2D eigenvalue weighted by Gasteiger charge is 2.49. The third-order valence-corrected chi connectivity index (χ3v) is 15.7. The molecule has 0 spiro atoms. The van der Waals surface area contributed by atoms with Crippen molar-refractivity contribution in [1.29, 1.82) is 0 Å². The minimum absolute atomic E-state index is 0.0218. The summed E-state index contributed by atoms with van der Waals surface area (Å²) in [6.07, 6.45) is 9.59. The van der Waals surface area contributed by atoms with Crippen molar-refractivity contribution in [3.05, 3.63) is 74.0 Å². The quantitative estimate of drug-likeness (QED) is 0.0387. The van der Waals surface area contributed by atoms with Crippen LogP contribution in [0.1, 0.15) is 147 Å². The number of carbonyl (C=O) groups is 8. The molecule has 1 saturated carbocycles. The molecule has 70 heavy (non-hydrogen) atoms. The summed E-state index contributed by atoms with van der Waals surface area (Å²) >= 11 is 3.62. The Morgan fingerprint density at radius 3 is 2.31 bits per heavy atom. The maximum absolute atomic E-state index is 14.6. The number of halogens is 1. The molecule has 3 aromatic rings. The second-order valence-corrected chi connectivity index (χ2v) is 21.0. The van der Waals surface area contributed by atoms with Crippen LogP contribution in [0.4, 0.5) is 0 Å². The van der Waals surface area contributed by atoms with Crippen molar-refractivity contribution >= 4 is 73.9 Å². The van der Waals surface area contributed by atoms with Crippen LogP contribution in [0.2, 0.25) is 0 Å². The van der Waals surface area contributed by atoms with Crippen molar-refractivity contribution in [3.8, 4) is 11.4 Å². The third-order valence-electron chi connectivity index (χ3n) is 15.0. The number of unbranched alkanes of at least 4 members (excludes halogenated alkanes) is 3. The second kappa shape index (κ2) is 22.5. The lowest BCUT2D eigenvalue weighted by Crippen LogP contribution is -2.52. The number of Topliss-reactive ketones (excluding diaryl/α,β-unsaturated/α-hetero) is 2. The van der Waals surface area contributed by atoms with Gasteiger partial charge in [0.2, 0.25) is 17.7 Å². The van der Waals surface area contributed by atoms with Crippen molar-refractivity contribution in [1.82, 2.24) is 25.1 Å². The van der Waals surface area contributed by atoms with Crippen molar-refractivity contribution in [2.45, 2.75) is 155 Å². The van der Waals surface area contributed by atoms with Gasteiger partial charge in [-0.25, -0.2) is 4.98 Å². The topological polar surface area (TPSA) is 234 Å². The third kappa shape index (κ3) is 11.5. The van der Waals surface area contributed by atoms with E-state index in [1.54, 1.807) is 4.57 Å². The van der Waals surface area contributed by atoms with Crippen molar-refractivity contribution in [3.63, 3.8) is 0 Å². The smallest absolute Gasteiger partial charge is 0.317 e. The number of primary amides is 1. The van der Waals surface area contributed by atoms with Crippen LogP contribution < -0.4 is 21.9 Å². The van der Waals surface area contributed by atoms with Gasteiger partial charge in [0.25, 0.3) is 17.4 Å². The number of pyridine rings is 2. The van der Waals surface area contributed by atoms with E-state index < -0.39 is 46.5 Å². The number of hydrogen-bond acceptors (Lipinski definition) is 11. The zero-order valence-corrected chi connectivity index (χ0v) is 42.1. The van der Waals surface area contributed by atoms with Crippen molar-refractivity contribution in [2.75, 3.05) is 13.1 Å². The Morgan fingerprint density at radius 1 is 0.886 bits per heavy atom. The largest absolute Gasteiger partial charge is 0.460 e. The first-order chi connectivity index (χ1) is 33.5. The Labute approximate surface area is 416 Å². The van der Waals surface area contributed by atoms with E-state index in [1.165, 1.54) is 17.1 Å². The first kappa shape index (κ1) is 52.0. The van der Waals surface area contributed by atoms with Crippen LogP contribution >= 0.6 is 15.9 Å². The lowest BCUT2D eigenvalue weighted by molar-refractivity contribution is -0.156. The van der Waals surface area contributed by atoms with Crippen LogP contribution in [0.5, 0.6) is 0 Å². The van der Waals surface area contributed by atoms with E-state index in [1.807, 2.05) is 51.1 Å². The summed E-state index contributed by atoms with van der Waals surface area (Å²) < 4.78 is 8.28. The number of nitrogens with zero attached hydrogens (tertiary/aromatic N) is 3. The first-order valence-corrected chi connectivity index (χ1v) is 25.7. The zero-order valence-electron chi connectivity index (χ0n) is 40.5. The van der Waals surface area contributed by atoms with Gasteiger partial charge in [-0.3, -0.25) is 48.1 Å². The Morgan fingerprint density at radius 2 is 1.61 bits per heavy atom. The summed E-state index contributed by atoms with van der Waals surface area (Å²) in [5.74, 6) is -3.83. The van der Waals surface area contributed by atoms with Crippen molar-refractivity contribution in [2.24, 2.45) is 23.0 Å². The van der Waals surface area contributed by atoms with Crippen LogP contribution in [0.25, 0.3) is 22.3 Å². The lowest BCUT2D eigenvalue weighted by atomic mass is 9.66. The number of cyclic esters (lactones) is 1. The number of amides is 5. The number of ether oxygens (including phenoxy) is 1. The number of hydrogen-bond donors (Lipinski definition) is 3. The molecule has 4 N–H and O–H groups in total. The van der Waals surface area contributed by atoms with Gasteiger partial charge in [0.05, 0.1) is 29.0 Å². The highest BCUT2D eigenvalue weighted by molar-refractivity contribution is 9.10. The molecule has 2 aromatic heterocycles. The average molecular weight is 1030 g/mol. The molecule has 0 radical (unpaired) electrons. The van der Waals surface area contributed by atoms with E-state index in [4.69, 9.17) is 15.5 Å². The standard InChI is InChI=1S/C53H65BrN6O10/c1-4-53(39-26-43-47-33(24-37-40(54)15-13-17-41(37)57-47)29-60(43)50(68)38(39)30-70-51(53)69)28-35(62)27-52(21-10-6-11-22-52)31-56-49(67)42(16-8-9-18-44(55)63)58-48(66)36(32(2)3)25-34(61)14-7-5-12-23-59-45(64)19-20-46(59)65/h13,15,17,19-20,24,26,32,36,42H,4-12,14,16,18,21-23,25,27-31H2,1-3H3,(H2,55,63)(H,56,67)(H,58,66)/t36-,42-,53-/m0/s1. The number of carbonyl (C=O) groups excluding carboxylic acids is 8. The van der Waals surface area contributed by atoms with Crippen LogP contribution in [-0.4, -0.2) is 80.7 Å². The molecule has 5 heterocycles. The summed E-state index contributed by atoms with van der Waals surface area (Å²) in [5.41, 5.74) is 6.78. The molecule has 7 rings (SSSR count). The van der Waals surface area contributed by atoms with E-state index in [9.17, 15) is 43.2 Å². The van der Waals surface area contributed by atoms with E-state index >= 15 is 0 Å². The van der Waals surface area contributed by atoms with Gasteiger partial charge < -0.3 is 25.7 Å². The van der Waals surface area contributed by atoms with Gasteiger partial charge in [-0.15, -0.1) is 0 Å². The molecule has 0 bridgehead atoms. The predicted molar refractivity (Wildman–Crippen MR) is 265 cm³/mol. The summed E-state index contributed by atoms with van der Waals surface area (Å²) in [5, 5.41) is 6.92. The normalized spacial score (nSPS) is 18.8. The average Bonchev–Trinajstić information content (AvgIpc) is 3.85. The van der Waals surface area contributed by atoms with Gasteiger partial charge in [-0.05, 0) is 86.1 Å². The number of rotatable bonds is 24. The number of aromatic nitrogens is 2. The number of esters is 1. The minimum atomic E-state index is -1.41. The fourth-order valence-corrected chi connectivity index (χ4v) is 11.3. The maximum Gasteiger partial charge on any atom is 0.317 e. The molecule has 1 aliphatic carbocycles. The molecule has 0 unspecified atom stereocenters. The van der Waals surface area contributed by atoms with Gasteiger partial charge >= 0.3 is 5.97 Å². The predicted octanol–water partition coefficient (Wildman–Crippen LogP) is 6.56. The highest BCUT2D eigenvalue weighted by atomic mass is 79.9. The summed E-state index contributed by atoms with van der Waals surface area (Å²) in [6.45, 7) is 6.06. The molecule has 3 aliphatic heterocycles. The van der Waals surface area contributed by atoms with Crippen LogP contribution in [0.15, 0.2) is 51.8 Å². The Bertz CT molecular complexity index is 2650. The summed E-state index contributed by atoms with van der Waals surface area (Å²) in [6, 6.07) is 8.64. The monoisotopic (exact) mass is 1020 g/mol. The molecular formula is C53H65BrN6O10. The fraction of sp³-hybridized carbons (Fsp3) is 0.547. The number of fused-ring (bicyclic) bond motifs is 5. The SMILES string of the molecule is CC[C@@]1(CC(=O)CC2(CNC(=O)[C@H](CCCCC(N)=O)NC(=O)[C@@H](CC(=O)CCCCCN3C(=O)C=CC3=O)C(C)C)CCCCC2)C(=O)OCc2c1cc1n(c2=O)Cc2cc3c(Br)cccc3nc2-1.